The molecule has 0 aliphatic carbocycles. The Hall–Kier alpha value is -1.38. The highest BCUT2D eigenvalue weighted by Gasteiger charge is 2.26. The molecule has 3 heterocycles. The molecule has 1 aliphatic heterocycles. The maximum atomic E-state index is 11.8. The number of nitrogens with zero attached hydrogens (tertiary/aromatic N) is 2. The molecule has 0 saturated carbocycles. The van der Waals surface area contributed by atoms with Gasteiger partial charge in [0.05, 0.1) is 19.0 Å². The maximum Gasteiger partial charge on any atom is 0.277 e. The van der Waals surface area contributed by atoms with E-state index in [1.165, 1.54) is 6.33 Å². The van der Waals surface area contributed by atoms with Gasteiger partial charge in [-0.25, -0.2) is 9.97 Å². The minimum absolute atomic E-state index is 0.0294. The van der Waals surface area contributed by atoms with Crippen LogP contribution >= 0.6 is 11.8 Å². The van der Waals surface area contributed by atoms with Gasteiger partial charge in [-0.1, -0.05) is 0 Å². The molecule has 1 saturated heterocycles. The van der Waals surface area contributed by atoms with Gasteiger partial charge < -0.3 is 19.8 Å². The van der Waals surface area contributed by atoms with Crippen LogP contribution in [-0.2, 0) is 4.74 Å². The number of thioether (sulfide) groups is 1. The SMILES string of the molecule is O=c1[nH]c(C2CSC[C@@H](CO)O2)nc2nc[nH]c12. The molecule has 1 aliphatic rings. The van der Waals surface area contributed by atoms with Crippen LogP contribution in [0, 0.1) is 0 Å². The molecule has 2 aromatic heterocycles. The largest absolute Gasteiger partial charge is 0.394 e. The second kappa shape index (κ2) is 4.71. The van der Waals surface area contributed by atoms with Crippen molar-refractivity contribution in [3.63, 3.8) is 0 Å². The van der Waals surface area contributed by atoms with Crippen molar-refractivity contribution in [2.24, 2.45) is 0 Å². The van der Waals surface area contributed by atoms with Crippen LogP contribution in [0.1, 0.15) is 11.9 Å². The standard InChI is InChI=1S/C10H12N4O3S/c15-1-5-2-18-3-6(17-5)8-13-9-7(10(16)14-8)11-4-12-9/h4-6,15H,1-3H2,(H2,11,12,13,14,16)/t5-,6?/m1/s1. The average molecular weight is 268 g/mol. The van der Waals surface area contributed by atoms with Gasteiger partial charge >= 0.3 is 0 Å². The predicted octanol–water partition coefficient (Wildman–Crippen LogP) is -0.188. The van der Waals surface area contributed by atoms with Crippen molar-refractivity contribution in [2.75, 3.05) is 18.1 Å². The second-order valence-corrected chi connectivity index (χ2v) is 5.09. The zero-order valence-corrected chi connectivity index (χ0v) is 10.2. The molecule has 0 bridgehead atoms. The molecule has 2 atom stereocenters. The van der Waals surface area contributed by atoms with Crippen LogP contribution in [0.2, 0.25) is 0 Å². The Balaban J connectivity index is 1.96. The monoisotopic (exact) mass is 268 g/mol. The summed E-state index contributed by atoms with van der Waals surface area (Å²) >= 11 is 1.67. The van der Waals surface area contributed by atoms with E-state index >= 15 is 0 Å². The number of hydrogen-bond donors (Lipinski definition) is 3. The number of nitrogens with one attached hydrogen (secondary N) is 2. The minimum Gasteiger partial charge on any atom is -0.394 e. The first kappa shape index (κ1) is 11.7. The van der Waals surface area contributed by atoms with Crippen molar-refractivity contribution < 1.29 is 9.84 Å². The Morgan fingerprint density at radius 3 is 3.28 bits per heavy atom. The third-order valence-electron chi connectivity index (χ3n) is 2.75. The van der Waals surface area contributed by atoms with E-state index in [-0.39, 0.29) is 24.4 Å². The lowest BCUT2D eigenvalue weighted by molar-refractivity contribution is -0.0262. The van der Waals surface area contributed by atoms with E-state index in [0.29, 0.717) is 22.7 Å². The fraction of sp³-hybridized carbons (Fsp3) is 0.500. The molecule has 7 nitrogen and oxygen atoms in total. The van der Waals surface area contributed by atoms with Crippen molar-refractivity contribution in [1.82, 2.24) is 19.9 Å². The smallest absolute Gasteiger partial charge is 0.277 e. The summed E-state index contributed by atoms with van der Waals surface area (Å²) in [7, 11) is 0. The van der Waals surface area contributed by atoms with E-state index in [9.17, 15) is 4.79 Å². The molecule has 96 valence electrons. The van der Waals surface area contributed by atoms with Crippen LogP contribution in [0.5, 0.6) is 0 Å². The van der Waals surface area contributed by atoms with Gasteiger partial charge in [-0.15, -0.1) is 0 Å². The molecule has 3 rings (SSSR count). The van der Waals surface area contributed by atoms with Gasteiger partial charge in [0.15, 0.2) is 11.2 Å². The number of rotatable bonds is 2. The Bertz CT molecular complexity index is 610. The number of hydrogen-bond acceptors (Lipinski definition) is 6. The number of ether oxygens (including phenoxy) is 1. The highest BCUT2D eigenvalue weighted by molar-refractivity contribution is 7.99. The Kier molecular flexibility index (Phi) is 3.06. The second-order valence-electron chi connectivity index (χ2n) is 4.02. The third-order valence-corrected chi connectivity index (χ3v) is 3.90. The molecule has 0 amide bonds. The summed E-state index contributed by atoms with van der Waals surface area (Å²) in [6.07, 6.45) is 0.910. The summed E-state index contributed by atoms with van der Waals surface area (Å²) in [6.45, 7) is -0.0294. The third kappa shape index (κ3) is 2.02. The van der Waals surface area contributed by atoms with Crippen LogP contribution in [0.3, 0.4) is 0 Å². The van der Waals surface area contributed by atoms with Crippen molar-refractivity contribution >= 4 is 22.9 Å². The fourth-order valence-corrected chi connectivity index (χ4v) is 2.90. The van der Waals surface area contributed by atoms with E-state index < -0.39 is 0 Å². The summed E-state index contributed by atoms with van der Waals surface area (Å²) in [5.41, 5.74) is 0.488. The van der Waals surface area contributed by atoms with Gasteiger partial charge in [-0.2, -0.15) is 11.8 Å². The van der Waals surface area contributed by atoms with Gasteiger partial charge in [-0.05, 0) is 0 Å². The molecular formula is C10H12N4O3S. The average Bonchev–Trinajstić information content (AvgIpc) is 2.87. The van der Waals surface area contributed by atoms with E-state index in [1.807, 2.05) is 0 Å². The summed E-state index contributed by atoms with van der Waals surface area (Å²) in [5, 5.41) is 9.10. The molecule has 0 radical (unpaired) electrons. The van der Waals surface area contributed by atoms with E-state index in [0.717, 1.165) is 5.75 Å². The molecule has 1 fully saturated rings. The quantitative estimate of drug-likeness (QED) is 0.697. The summed E-state index contributed by atoms with van der Waals surface area (Å²) in [4.78, 5) is 25.4. The number of imidazole rings is 1. The first-order valence-electron chi connectivity index (χ1n) is 5.55. The lowest BCUT2D eigenvalue weighted by Crippen LogP contribution is -2.31. The van der Waals surface area contributed by atoms with E-state index in [2.05, 4.69) is 19.9 Å². The first-order valence-corrected chi connectivity index (χ1v) is 6.70. The Labute approximate surface area is 106 Å². The summed E-state index contributed by atoms with van der Waals surface area (Å²) in [5.74, 6) is 1.92. The first-order chi connectivity index (χ1) is 8.78. The number of H-pyrrole nitrogens is 2. The number of aliphatic hydroxyl groups excluding tert-OH is 1. The number of fused-ring (bicyclic) bond motifs is 1. The van der Waals surface area contributed by atoms with Crippen LogP contribution in [0.4, 0.5) is 0 Å². The summed E-state index contributed by atoms with van der Waals surface area (Å²) in [6, 6.07) is 0. The zero-order valence-electron chi connectivity index (χ0n) is 9.42. The topological polar surface area (TPSA) is 104 Å². The van der Waals surface area contributed by atoms with E-state index in [4.69, 9.17) is 9.84 Å². The van der Waals surface area contributed by atoms with Gasteiger partial charge in [0, 0.05) is 11.5 Å². The van der Waals surface area contributed by atoms with Crippen LogP contribution < -0.4 is 5.56 Å². The highest BCUT2D eigenvalue weighted by Crippen LogP contribution is 2.27. The molecule has 18 heavy (non-hydrogen) atoms. The van der Waals surface area contributed by atoms with Crippen LogP contribution in [0.25, 0.3) is 11.2 Å². The minimum atomic E-state index is -0.310. The summed E-state index contributed by atoms with van der Waals surface area (Å²) < 4.78 is 5.66. The highest BCUT2D eigenvalue weighted by atomic mass is 32.2. The van der Waals surface area contributed by atoms with Crippen molar-refractivity contribution in [3.8, 4) is 0 Å². The molecule has 8 heteroatoms. The zero-order chi connectivity index (χ0) is 12.5. The number of aromatic nitrogens is 4. The van der Waals surface area contributed by atoms with Crippen LogP contribution in [-0.4, -0.2) is 49.3 Å². The number of aliphatic hydroxyl groups is 1. The van der Waals surface area contributed by atoms with E-state index in [1.54, 1.807) is 11.8 Å². The lowest BCUT2D eigenvalue weighted by Gasteiger charge is -2.27. The van der Waals surface area contributed by atoms with Crippen molar-refractivity contribution in [3.05, 3.63) is 22.5 Å². The molecule has 0 spiro atoms. The van der Waals surface area contributed by atoms with Crippen molar-refractivity contribution in [1.29, 1.82) is 0 Å². The molecule has 0 aromatic carbocycles. The van der Waals surface area contributed by atoms with Gasteiger partial charge in [-0.3, -0.25) is 4.79 Å². The van der Waals surface area contributed by atoms with Gasteiger partial charge in [0.25, 0.3) is 5.56 Å². The molecular weight excluding hydrogens is 256 g/mol. The molecule has 1 unspecified atom stereocenters. The predicted molar refractivity (Wildman–Crippen MR) is 66.5 cm³/mol. The fourth-order valence-electron chi connectivity index (χ4n) is 1.87. The normalized spacial score (nSPS) is 24.5. The Morgan fingerprint density at radius 1 is 1.56 bits per heavy atom. The van der Waals surface area contributed by atoms with Crippen LogP contribution in [0.15, 0.2) is 11.1 Å². The molecule has 2 aromatic rings. The number of aromatic amines is 2. The Morgan fingerprint density at radius 2 is 2.44 bits per heavy atom. The van der Waals surface area contributed by atoms with Gasteiger partial charge in [0.1, 0.15) is 11.9 Å². The molecule has 3 N–H and O–H groups in total. The maximum absolute atomic E-state index is 11.8. The van der Waals surface area contributed by atoms with Crippen molar-refractivity contribution in [2.45, 2.75) is 12.2 Å². The lowest BCUT2D eigenvalue weighted by atomic mass is 10.3. The van der Waals surface area contributed by atoms with Gasteiger partial charge in [0.2, 0.25) is 0 Å².